The smallest absolute Gasteiger partial charge is 0.338 e. The van der Waals surface area contributed by atoms with E-state index in [0.717, 1.165) is 0 Å². The Balaban J connectivity index is 2.25. The third-order valence-electron chi connectivity index (χ3n) is 4.27. The molecule has 0 saturated heterocycles. The van der Waals surface area contributed by atoms with Crippen molar-refractivity contribution in [3.63, 3.8) is 0 Å². The van der Waals surface area contributed by atoms with E-state index < -0.39 is 27.9 Å². The van der Waals surface area contributed by atoms with Crippen molar-refractivity contribution < 1.29 is 22.7 Å². The number of ether oxygens (including phenoxy) is 1. The minimum atomic E-state index is -3.93. The van der Waals surface area contributed by atoms with E-state index in [1.54, 1.807) is 38.1 Å². The molecule has 0 radical (unpaired) electrons. The number of hydrogen-bond acceptors (Lipinski definition) is 5. The Bertz CT molecular complexity index is 927. The molecule has 0 heterocycles. The van der Waals surface area contributed by atoms with Crippen LogP contribution in [-0.2, 0) is 19.6 Å². The van der Waals surface area contributed by atoms with E-state index in [1.165, 1.54) is 28.6 Å². The maximum absolute atomic E-state index is 13.2. The van der Waals surface area contributed by atoms with Crippen molar-refractivity contribution in [2.24, 2.45) is 0 Å². The highest BCUT2D eigenvalue weighted by molar-refractivity contribution is 7.89. The summed E-state index contributed by atoms with van der Waals surface area (Å²) in [4.78, 5) is 24.4. The number of para-hydroxylation sites is 1. The van der Waals surface area contributed by atoms with Crippen molar-refractivity contribution in [1.82, 2.24) is 4.31 Å². The lowest BCUT2D eigenvalue weighted by Gasteiger charge is -2.27. The Morgan fingerprint density at radius 1 is 1.03 bits per heavy atom. The Kier molecular flexibility index (Phi) is 7.92. The third kappa shape index (κ3) is 5.65. The van der Waals surface area contributed by atoms with Gasteiger partial charge in [0.15, 0.2) is 0 Å². The molecule has 1 N–H and O–H groups in total. The SMILES string of the molecule is CCCN(C(C)C(=O)Nc1ccccc1)S(=O)(=O)c1ccc(C(=O)OCC)cc1. The van der Waals surface area contributed by atoms with Crippen LogP contribution >= 0.6 is 0 Å². The average molecular weight is 419 g/mol. The van der Waals surface area contributed by atoms with Crippen LogP contribution in [0.2, 0.25) is 0 Å². The first-order chi connectivity index (χ1) is 13.8. The van der Waals surface area contributed by atoms with Gasteiger partial charge in [0.1, 0.15) is 6.04 Å². The van der Waals surface area contributed by atoms with Crippen LogP contribution < -0.4 is 5.32 Å². The average Bonchev–Trinajstić information content (AvgIpc) is 2.72. The number of carbonyl (C=O) groups excluding carboxylic acids is 2. The normalized spacial score (nSPS) is 12.4. The van der Waals surface area contributed by atoms with Gasteiger partial charge in [0.25, 0.3) is 0 Å². The molecule has 156 valence electrons. The van der Waals surface area contributed by atoms with Gasteiger partial charge in [0.05, 0.1) is 17.1 Å². The number of nitrogens with one attached hydrogen (secondary N) is 1. The number of anilines is 1. The predicted octanol–water partition coefficient (Wildman–Crippen LogP) is 3.29. The zero-order valence-electron chi connectivity index (χ0n) is 16.8. The maximum Gasteiger partial charge on any atom is 0.338 e. The summed E-state index contributed by atoms with van der Waals surface area (Å²) in [5.41, 5.74) is 0.861. The van der Waals surface area contributed by atoms with Crippen LogP contribution in [0, 0.1) is 0 Å². The Labute approximate surface area is 171 Å². The van der Waals surface area contributed by atoms with Crippen LogP contribution in [0.5, 0.6) is 0 Å². The standard InChI is InChI=1S/C21H26N2O5S/c1-4-15-23(16(3)20(24)22-18-9-7-6-8-10-18)29(26,27)19-13-11-17(12-14-19)21(25)28-5-2/h6-14,16H,4-5,15H2,1-3H3,(H,22,24). The van der Waals surface area contributed by atoms with E-state index in [9.17, 15) is 18.0 Å². The van der Waals surface area contributed by atoms with Crippen molar-refractivity contribution in [3.05, 3.63) is 60.2 Å². The second-order valence-electron chi connectivity index (χ2n) is 6.39. The molecule has 0 fully saturated rings. The first kappa shape index (κ1) is 22.6. The molecule has 0 spiro atoms. The van der Waals surface area contributed by atoms with Gasteiger partial charge >= 0.3 is 5.97 Å². The van der Waals surface area contributed by atoms with Crippen LogP contribution in [0.25, 0.3) is 0 Å². The van der Waals surface area contributed by atoms with Gasteiger partial charge < -0.3 is 10.1 Å². The van der Waals surface area contributed by atoms with E-state index in [2.05, 4.69) is 5.32 Å². The van der Waals surface area contributed by atoms with E-state index in [4.69, 9.17) is 4.74 Å². The number of nitrogens with zero attached hydrogens (tertiary/aromatic N) is 1. The minimum absolute atomic E-state index is 0.0124. The first-order valence-corrected chi connectivity index (χ1v) is 10.9. The lowest BCUT2D eigenvalue weighted by Crippen LogP contribution is -2.45. The molecular formula is C21H26N2O5S. The summed E-state index contributed by atoms with van der Waals surface area (Å²) >= 11 is 0. The number of esters is 1. The highest BCUT2D eigenvalue weighted by atomic mass is 32.2. The van der Waals surface area contributed by atoms with Gasteiger partial charge in [-0.1, -0.05) is 25.1 Å². The highest BCUT2D eigenvalue weighted by Gasteiger charge is 2.32. The molecular weight excluding hydrogens is 392 g/mol. The molecule has 0 aliphatic heterocycles. The number of hydrogen-bond donors (Lipinski definition) is 1. The topological polar surface area (TPSA) is 92.8 Å². The molecule has 0 saturated carbocycles. The molecule has 2 aromatic carbocycles. The summed E-state index contributed by atoms with van der Waals surface area (Å²) in [6.45, 7) is 5.51. The van der Waals surface area contributed by atoms with Crippen molar-refractivity contribution in [1.29, 1.82) is 0 Å². The lowest BCUT2D eigenvalue weighted by molar-refractivity contribution is -0.119. The zero-order valence-corrected chi connectivity index (χ0v) is 17.6. The van der Waals surface area contributed by atoms with Gasteiger partial charge in [0.2, 0.25) is 15.9 Å². The Morgan fingerprint density at radius 2 is 1.66 bits per heavy atom. The van der Waals surface area contributed by atoms with E-state index in [0.29, 0.717) is 12.1 Å². The molecule has 29 heavy (non-hydrogen) atoms. The number of carbonyl (C=O) groups is 2. The largest absolute Gasteiger partial charge is 0.462 e. The van der Waals surface area contributed by atoms with Gasteiger partial charge in [-0.3, -0.25) is 4.79 Å². The highest BCUT2D eigenvalue weighted by Crippen LogP contribution is 2.21. The monoisotopic (exact) mass is 418 g/mol. The third-order valence-corrected chi connectivity index (χ3v) is 6.25. The van der Waals surface area contributed by atoms with Crippen LogP contribution in [0.3, 0.4) is 0 Å². The quantitative estimate of drug-likeness (QED) is 0.631. The van der Waals surface area contributed by atoms with Gasteiger partial charge in [-0.05, 0) is 56.7 Å². The van der Waals surface area contributed by atoms with Crippen LogP contribution in [0.15, 0.2) is 59.5 Å². The van der Waals surface area contributed by atoms with Crippen molar-refractivity contribution in [2.75, 3.05) is 18.5 Å². The van der Waals surface area contributed by atoms with Crippen LogP contribution in [0.1, 0.15) is 37.6 Å². The van der Waals surface area contributed by atoms with Gasteiger partial charge in [-0.15, -0.1) is 0 Å². The number of benzene rings is 2. The summed E-state index contributed by atoms with van der Waals surface area (Å²) in [6, 6.07) is 13.5. The molecule has 8 heteroatoms. The second kappa shape index (κ2) is 10.2. The van der Waals surface area contributed by atoms with Crippen molar-refractivity contribution in [2.45, 2.75) is 38.1 Å². The number of sulfonamides is 1. The molecule has 0 bridgehead atoms. The van der Waals surface area contributed by atoms with Gasteiger partial charge in [0, 0.05) is 12.2 Å². The molecule has 0 aliphatic carbocycles. The molecule has 1 amide bonds. The molecule has 2 aromatic rings. The number of rotatable bonds is 9. The van der Waals surface area contributed by atoms with Crippen molar-refractivity contribution in [3.8, 4) is 0 Å². The lowest BCUT2D eigenvalue weighted by atomic mass is 10.2. The summed E-state index contributed by atoms with van der Waals surface area (Å²) in [5, 5.41) is 2.74. The Hall–Kier alpha value is -2.71. The molecule has 0 aliphatic rings. The predicted molar refractivity (Wildman–Crippen MR) is 111 cm³/mol. The van der Waals surface area contributed by atoms with Crippen molar-refractivity contribution >= 4 is 27.6 Å². The van der Waals surface area contributed by atoms with Crippen LogP contribution in [0.4, 0.5) is 5.69 Å². The fraction of sp³-hybridized carbons (Fsp3) is 0.333. The molecule has 0 aromatic heterocycles. The van der Waals surface area contributed by atoms with E-state index >= 15 is 0 Å². The summed E-state index contributed by atoms with van der Waals surface area (Å²) in [5.74, 6) is -0.936. The number of amides is 1. The molecule has 1 atom stereocenters. The molecule has 2 rings (SSSR count). The second-order valence-corrected chi connectivity index (χ2v) is 8.28. The van der Waals surface area contributed by atoms with E-state index in [-0.39, 0.29) is 23.6 Å². The summed E-state index contributed by atoms with van der Waals surface area (Å²) in [7, 11) is -3.93. The summed E-state index contributed by atoms with van der Waals surface area (Å²) in [6.07, 6.45) is 0.545. The zero-order chi connectivity index (χ0) is 21.4. The first-order valence-electron chi connectivity index (χ1n) is 9.46. The molecule has 7 nitrogen and oxygen atoms in total. The van der Waals surface area contributed by atoms with Crippen LogP contribution in [-0.4, -0.2) is 43.8 Å². The van der Waals surface area contributed by atoms with Gasteiger partial charge in [-0.2, -0.15) is 4.31 Å². The molecule has 1 unspecified atom stereocenters. The maximum atomic E-state index is 13.2. The Morgan fingerprint density at radius 3 is 2.21 bits per heavy atom. The fourth-order valence-electron chi connectivity index (χ4n) is 2.75. The minimum Gasteiger partial charge on any atom is -0.462 e. The van der Waals surface area contributed by atoms with Gasteiger partial charge in [-0.25, -0.2) is 13.2 Å². The summed E-state index contributed by atoms with van der Waals surface area (Å²) < 4.78 is 32.4. The fourth-order valence-corrected chi connectivity index (χ4v) is 4.44. The van der Waals surface area contributed by atoms with E-state index in [1.807, 2.05) is 13.0 Å².